The highest BCUT2D eigenvalue weighted by molar-refractivity contribution is 6.02. The van der Waals surface area contributed by atoms with Crippen molar-refractivity contribution < 1.29 is 4.79 Å². The van der Waals surface area contributed by atoms with Gasteiger partial charge in [-0.15, -0.1) is 0 Å². The summed E-state index contributed by atoms with van der Waals surface area (Å²) in [4.78, 5) is 16.0. The van der Waals surface area contributed by atoms with Crippen molar-refractivity contribution >= 4 is 17.7 Å². The smallest absolute Gasteiger partial charge is 0.248 e. The van der Waals surface area contributed by atoms with E-state index in [1.54, 1.807) is 17.1 Å². The maximum absolute atomic E-state index is 12.1. The van der Waals surface area contributed by atoms with E-state index < -0.39 is 0 Å². The SMILES string of the molecule is O=C(/C=C/c1ccccc1)Nc1ccccc1Cn1cncn1. The van der Waals surface area contributed by atoms with Crippen molar-refractivity contribution in [2.75, 3.05) is 5.32 Å². The molecule has 0 spiro atoms. The first kappa shape index (κ1) is 14.7. The van der Waals surface area contributed by atoms with Crippen molar-refractivity contribution in [1.82, 2.24) is 14.8 Å². The van der Waals surface area contributed by atoms with E-state index in [2.05, 4.69) is 15.4 Å². The van der Waals surface area contributed by atoms with Gasteiger partial charge < -0.3 is 5.32 Å². The van der Waals surface area contributed by atoms with Crippen molar-refractivity contribution in [1.29, 1.82) is 0 Å². The molecule has 0 bridgehead atoms. The molecule has 1 aromatic heterocycles. The predicted octanol–water partition coefficient (Wildman–Crippen LogP) is 2.98. The van der Waals surface area contributed by atoms with Crippen molar-refractivity contribution in [2.45, 2.75) is 6.54 Å². The molecule has 3 rings (SSSR count). The van der Waals surface area contributed by atoms with Crippen LogP contribution in [0.25, 0.3) is 6.08 Å². The molecule has 3 aromatic rings. The standard InChI is InChI=1S/C18H16N4O/c23-18(11-10-15-6-2-1-3-7-15)21-17-9-5-4-8-16(17)12-22-14-19-13-20-22/h1-11,13-14H,12H2,(H,21,23)/b11-10+. The predicted molar refractivity (Wildman–Crippen MR) is 89.7 cm³/mol. The van der Waals surface area contributed by atoms with Crippen molar-refractivity contribution in [3.8, 4) is 0 Å². The van der Waals surface area contributed by atoms with E-state index in [-0.39, 0.29) is 5.91 Å². The van der Waals surface area contributed by atoms with Gasteiger partial charge in [-0.05, 0) is 23.3 Å². The van der Waals surface area contributed by atoms with Crippen LogP contribution in [0, 0.1) is 0 Å². The molecule has 5 nitrogen and oxygen atoms in total. The molecule has 0 fully saturated rings. The lowest BCUT2D eigenvalue weighted by atomic mass is 10.1. The van der Waals surface area contributed by atoms with E-state index in [0.717, 1.165) is 16.8 Å². The Balaban J connectivity index is 1.70. The molecule has 0 unspecified atom stereocenters. The Bertz CT molecular complexity index is 795. The molecule has 0 saturated heterocycles. The zero-order chi connectivity index (χ0) is 15.9. The number of para-hydroxylation sites is 1. The molecular weight excluding hydrogens is 288 g/mol. The number of benzene rings is 2. The molecule has 23 heavy (non-hydrogen) atoms. The molecule has 0 aliphatic rings. The third-order valence-corrected chi connectivity index (χ3v) is 3.30. The molecule has 114 valence electrons. The van der Waals surface area contributed by atoms with Gasteiger partial charge in [-0.25, -0.2) is 9.67 Å². The third-order valence-electron chi connectivity index (χ3n) is 3.30. The maximum Gasteiger partial charge on any atom is 0.248 e. The topological polar surface area (TPSA) is 59.8 Å². The van der Waals surface area contributed by atoms with Crippen LogP contribution in [0.3, 0.4) is 0 Å². The van der Waals surface area contributed by atoms with Crippen LogP contribution in [0.5, 0.6) is 0 Å². The number of hydrogen-bond donors (Lipinski definition) is 1. The Kier molecular flexibility index (Phi) is 4.59. The van der Waals surface area contributed by atoms with Crippen molar-refractivity contribution in [3.63, 3.8) is 0 Å². The van der Waals surface area contributed by atoms with Crippen molar-refractivity contribution in [2.24, 2.45) is 0 Å². The van der Waals surface area contributed by atoms with E-state index in [4.69, 9.17) is 0 Å². The lowest BCUT2D eigenvalue weighted by molar-refractivity contribution is -0.111. The second-order valence-electron chi connectivity index (χ2n) is 4.98. The average molecular weight is 304 g/mol. The van der Waals surface area contributed by atoms with Gasteiger partial charge in [0.15, 0.2) is 0 Å². The molecular formula is C18H16N4O. The van der Waals surface area contributed by atoms with Crippen LogP contribution >= 0.6 is 0 Å². The minimum atomic E-state index is -0.167. The summed E-state index contributed by atoms with van der Waals surface area (Å²) in [5.74, 6) is -0.167. The normalized spacial score (nSPS) is 10.8. The highest BCUT2D eigenvalue weighted by atomic mass is 16.1. The van der Waals surface area contributed by atoms with Crippen LogP contribution in [0.15, 0.2) is 73.3 Å². The quantitative estimate of drug-likeness (QED) is 0.737. The molecule has 1 heterocycles. The van der Waals surface area contributed by atoms with Crippen LogP contribution in [-0.4, -0.2) is 20.7 Å². The second-order valence-corrected chi connectivity index (χ2v) is 4.98. The Labute approximate surface area is 134 Å². The second kappa shape index (κ2) is 7.17. The number of aromatic nitrogens is 3. The van der Waals surface area contributed by atoms with E-state index in [9.17, 15) is 4.79 Å². The summed E-state index contributed by atoms with van der Waals surface area (Å²) in [5.41, 5.74) is 2.73. The van der Waals surface area contributed by atoms with Gasteiger partial charge in [-0.2, -0.15) is 5.10 Å². The molecule has 0 radical (unpaired) electrons. The number of amides is 1. The number of nitrogens with zero attached hydrogens (tertiary/aromatic N) is 3. The number of rotatable bonds is 5. The van der Waals surface area contributed by atoms with E-state index in [0.29, 0.717) is 6.54 Å². The average Bonchev–Trinajstić information content (AvgIpc) is 3.09. The van der Waals surface area contributed by atoms with Gasteiger partial charge in [-0.3, -0.25) is 4.79 Å². The van der Waals surface area contributed by atoms with Crippen LogP contribution in [-0.2, 0) is 11.3 Å². The fourth-order valence-electron chi connectivity index (χ4n) is 2.18. The van der Waals surface area contributed by atoms with E-state index in [1.807, 2.05) is 54.6 Å². The summed E-state index contributed by atoms with van der Waals surface area (Å²) in [6.07, 6.45) is 6.45. The summed E-state index contributed by atoms with van der Waals surface area (Å²) in [6.45, 7) is 0.554. The third kappa shape index (κ3) is 4.14. The van der Waals surface area contributed by atoms with Crippen LogP contribution < -0.4 is 5.32 Å². The molecule has 0 aliphatic carbocycles. The van der Waals surface area contributed by atoms with Gasteiger partial charge in [0.2, 0.25) is 5.91 Å². The van der Waals surface area contributed by atoms with Gasteiger partial charge in [-0.1, -0.05) is 48.5 Å². The number of hydrogen-bond acceptors (Lipinski definition) is 3. The van der Waals surface area contributed by atoms with Crippen LogP contribution in [0.2, 0.25) is 0 Å². The Morgan fingerprint density at radius 1 is 1.09 bits per heavy atom. The molecule has 0 atom stereocenters. The first-order valence-corrected chi connectivity index (χ1v) is 7.26. The van der Waals surface area contributed by atoms with Gasteiger partial charge >= 0.3 is 0 Å². The fourth-order valence-corrected chi connectivity index (χ4v) is 2.18. The highest BCUT2D eigenvalue weighted by Gasteiger charge is 2.05. The minimum Gasteiger partial charge on any atom is -0.322 e. The molecule has 0 saturated carbocycles. The largest absolute Gasteiger partial charge is 0.322 e. The zero-order valence-electron chi connectivity index (χ0n) is 12.5. The number of carbonyl (C=O) groups is 1. The van der Waals surface area contributed by atoms with E-state index >= 15 is 0 Å². The number of nitrogens with one attached hydrogen (secondary N) is 1. The van der Waals surface area contributed by atoms with Gasteiger partial charge in [0, 0.05) is 11.8 Å². The first-order valence-electron chi connectivity index (χ1n) is 7.26. The van der Waals surface area contributed by atoms with Gasteiger partial charge in [0.25, 0.3) is 0 Å². The summed E-state index contributed by atoms with van der Waals surface area (Å²) >= 11 is 0. The highest BCUT2D eigenvalue weighted by Crippen LogP contribution is 2.16. The molecule has 5 heteroatoms. The van der Waals surface area contributed by atoms with Crippen LogP contribution in [0.1, 0.15) is 11.1 Å². The summed E-state index contributed by atoms with van der Waals surface area (Å²) in [7, 11) is 0. The number of anilines is 1. The van der Waals surface area contributed by atoms with Crippen LogP contribution in [0.4, 0.5) is 5.69 Å². The minimum absolute atomic E-state index is 0.167. The van der Waals surface area contributed by atoms with Gasteiger partial charge in [0.05, 0.1) is 6.54 Å². The summed E-state index contributed by atoms with van der Waals surface area (Å²) in [6, 6.07) is 17.4. The Morgan fingerprint density at radius 2 is 1.87 bits per heavy atom. The molecule has 0 aliphatic heterocycles. The molecule has 1 amide bonds. The Hall–Kier alpha value is -3.21. The van der Waals surface area contributed by atoms with Gasteiger partial charge in [0.1, 0.15) is 12.7 Å². The lowest BCUT2D eigenvalue weighted by Gasteiger charge is -2.09. The number of carbonyl (C=O) groups excluding carboxylic acids is 1. The lowest BCUT2D eigenvalue weighted by Crippen LogP contribution is -2.11. The fraction of sp³-hybridized carbons (Fsp3) is 0.0556. The van der Waals surface area contributed by atoms with E-state index in [1.165, 1.54) is 12.4 Å². The maximum atomic E-state index is 12.1. The summed E-state index contributed by atoms with van der Waals surface area (Å²) in [5, 5.41) is 6.99. The summed E-state index contributed by atoms with van der Waals surface area (Å²) < 4.78 is 1.71. The van der Waals surface area contributed by atoms with Crippen molar-refractivity contribution in [3.05, 3.63) is 84.5 Å². The zero-order valence-corrected chi connectivity index (χ0v) is 12.5. The molecule has 2 aromatic carbocycles. The Morgan fingerprint density at radius 3 is 2.65 bits per heavy atom. The first-order chi connectivity index (χ1) is 11.3. The monoisotopic (exact) mass is 304 g/mol. The molecule has 1 N–H and O–H groups in total.